The molecule has 1 unspecified atom stereocenters. The maximum absolute atomic E-state index is 12.0. The molecule has 1 aromatic heterocycles. The summed E-state index contributed by atoms with van der Waals surface area (Å²) in [5.74, 6) is -0.182. The average Bonchev–Trinajstić information content (AvgIpc) is 3.00. The number of esters is 1. The molecule has 1 aliphatic heterocycles. The molecular formula is C13H16O4S. The maximum atomic E-state index is 12.0. The van der Waals surface area contributed by atoms with Crippen LogP contribution in [-0.2, 0) is 20.7 Å². The van der Waals surface area contributed by atoms with Gasteiger partial charge in [-0.05, 0) is 25.0 Å². The Kier molecular flexibility index (Phi) is 4.49. The fraction of sp³-hybridized carbons (Fsp3) is 0.538. The van der Waals surface area contributed by atoms with E-state index in [1.165, 1.54) is 18.4 Å². The molecule has 1 aromatic rings. The van der Waals surface area contributed by atoms with Gasteiger partial charge in [-0.3, -0.25) is 9.59 Å². The van der Waals surface area contributed by atoms with Gasteiger partial charge in [-0.25, -0.2) is 0 Å². The van der Waals surface area contributed by atoms with Gasteiger partial charge in [-0.2, -0.15) is 0 Å². The van der Waals surface area contributed by atoms with E-state index in [2.05, 4.69) is 4.74 Å². The summed E-state index contributed by atoms with van der Waals surface area (Å²) in [7, 11) is 1.36. The van der Waals surface area contributed by atoms with Crippen LogP contribution in [0.5, 0.6) is 0 Å². The van der Waals surface area contributed by atoms with Gasteiger partial charge in [0, 0.05) is 17.9 Å². The van der Waals surface area contributed by atoms with Gasteiger partial charge in [0.1, 0.15) is 0 Å². The van der Waals surface area contributed by atoms with Gasteiger partial charge in [-0.15, -0.1) is 11.3 Å². The summed E-state index contributed by atoms with van der Waals surface area (Å²) < 4.78 is 10.0. The standard InChI is InChI=1S/C13H16O4S/c1-16-13(15)8-10-4-5-12(18-10)11(14)7-9-3-2-6-17-9/h4-5,9H,2-3,6-8H2,1H3. The molecule has 4 nitrogen and oxygen atoms in total. The number of carbonyl (C=O) groups excluding carboxylic acids is 2. The van der Waals surface area contributed by atoms with E-state index in [0.717, 1.165) is 24.3 Å². The van der Waals surface area contributed by atoms with Crippen LogP contribution in [0.2, 0.25) is 0 Å². The summed E-state index contributed by atoms with van der Waals surface area (Å²) in [6.45, 7) is 0.760. The Bertz CT molecular complexity index is 432. The second-order valence-corrected chi connectivity index (χ2v) is 5.45. The number of carbonyl (C=O) groups is 2. The molecule has 5 heteroatoms. The Labute approximate surface area is 110 Å². The number of thiophene rings is 1. The van der Waals surface area contributed by atoms with Crippen LogP contribution in [0.4, 0.5) is 0 Å². The molecule has 98 valence electrons. The van der Waals surface area contributed by atoms with Crippen molar-refractivity contribution in [3.05, 3.63) is 21.9 Å². The first-order valence-electron chi connectivity index (χ1n) is 5.99. The number of methoxy groups -OCH3 is 1. The molecule has 0 N–H and O–H groups in total. The molecule has 0 aliphatic carbocycles. The highest BCUT2D eigenvalue weighted by Gasteiger charge is 2.21. The molecule has 0 radical (unpaired) electrons. The van der Waals surface area contributed by atoms with Crippen molar-refractivity contribution in [3.63, 3.8) is 0 Å². The molecule has 2 rings (SSSR count). The maximum Gasteiger partial charge on any atom is 0.310 e. The average molecular weight is 268 g/mol. The normalized spacial score (nSPS) is 18.8. The summed E-state index contributed by atoms with van der Waals surface area (Å²) >= 11 is 1.36. The Morgan fingerprint density at radius 3 is 3.00 bits per heavy atom. The van der Waals surface area contributed by atoms with E-state index < -0.39 is 0 Å². The molecule has 1 fully saturated rings. The van der Waals surface area contributed by atoms with Crippen molar-refractivity contribution >= 4 is 23.1 Å². The highest BCUT2D eigenvalue weighted by atomic mass is 32.1. The largest absolute Gasteiger partial charge is 0.469 e. The molecule has 0 saturated carbocycles. The molecule has 0 aromatic carbocycles. The van der Waals surface area contributed by atoms with E-state index in [-0.39, 0.29) is 24.3 Å². The van der Waals surface area contributed by atoms with E-state index in [1.54, 1.807) is 6.07 Å². The zero-order valence-corrected chi connectivity index (χ0v) is 11.1. The SMILES string of the molecule is COC(=O)Cc1ccc(C(=O)CC2CCCO2)s1. The fourth-order valence-electron chi connectivity index (χ4n) is 1.95. The van der Waals surface area contributed by atoms with Crippen molar-refractivity contribution in [1.82, 2.24) is 0 Å². The lowest BCUT2D eigenvalue weighted by atomic mass is 10.1. The van der Waals surface area contributed by atoms with Gasteiger partial charge in [0.25, 0.3) is 0 Å². The van der Waals surface area contributed by atoms with Crippen molar-refractivity contribution in [2.75, 3.05) is 13.7 Å². The Morgan fingerprint density at radius 2 is 2.33 bits per heavy atom. The predicted molar refractivity (Wildman–Crippen MR) is 68.0 cm³/mol. The highest BCUT2D eigenvalue weighted by Crippen LogP contribution is 2.22. The first kappa shape index (κ1) is 13.2. The first-order chi connectivity index (χ1) is 8.69. The molecule has 0 amide bonds. The molecule has 18 heavy (non-hydrogen) atoms. The van der Waals surface area contributed by atoms with Crippen LogP contribution >= 0.6 is 11.3 Å². The molecule has 1 aliphatic rings. The van der Waals surface area contributed by atoms with Crippen molar-refractivity contribution in [2.45, 2.75) is 31.8 Å². The van der Waals surface area contributed by atoms with Gasteiger partial charge in [0.2, 0.25) is 0 Å². The monoisotopic (exact) mass is 268 g/mol. The van der Waals surface area contributed by atoms with Crippen LogP contribution in [0.1, 0.15) is 33.8 Å². The van der Waals surface area contributed by atoms with Crippen molar-refractivity contribution in [1.29, 1.82) is 0 Å². The number of ether oxygens (including phenoxy) is 2. The Morgan fingerprint density at radius 1 is 1.50 bits per heavy atom. The predicted octanol–water partition coefficient (Wildman–Crippen LogP) is 2.22. The van der Waals surface area contributed by atoms with Crippen molar-refractivity contribution in [3.8, 4) is 0 Å². The minimum absolute atomic E-state index is 0.0728. The van der Waals surface area contributed by atoms with Gasteiger partial charge in [0.05, 0.1) is 24.5 Å². The van der Waals surface area contributed by atoms with Crippen LogP contribution in [0.25, 0.3) is 0 Å². The summed E-state index contributed by atoms with van der Waals surface area (Å²) in [4.78, 5) is 24.7. The van der Waals surface area contributed by atoms with Gasteiger partial charge < -0.3 is 9.47 Å². The van der Waals surface area contributed by atoms with Crippen LogP contribution < -0.4 is 0 Å². The lowest BCUT2D eigenvalue weighted by Gasteiger charge is -2.06. The topological polar surface area (TPSA) is 52.6 Å². The summed E-state index contributed by atoms with van der Waals surface area (Å²) in [6.07, 6.45) is 2.75. The smallest absolute Gasteiger partial charge is 0.310 e. The molecule has 0 spiro atoms. The highest BCUT2D eigenvalue weighted by molar-refractivity contribution is 7.14. The second kappa shape index (κ2) is 6.11. The van der Waals surface area contributed by atoms with Gasteiger partial charge in [0.15, 0.2) is 5.78 Å². The van der Waals surface area contributed by atoms with Gasteiger partial charge >= 0.3 is 5.97 Å². The lowest BCUT2D eigenvalue weighted by Crippen LogP contribution is -2.11. The van der Waals surface area contributed by atoms with Crippen LogP contribution in [0.3, 0.4) is 0 Å². The number of hydrogen-bond acceptors (Lipinski definition) is 5. The van der Waals surface area contributed by atoms with Crippen LogP contribution in [0, 0.1) is 0 Å². The lowest BCUT2D eigenvalue weighted by molar-refractivity contribution is -0.139. The minimum atomic E-state index is -0.282. The van der Waals surface area contributed by atoms with E-state index in [4.69, 9.17) is 4.74 Å². The van der Waals surface area contributed by atoms with Gasteiger partial charge in [-0.1, -0.05) is 0 Å². The van der Waals surface area contributed by atoms with Crippen molar-refractivity contribution < 1.29 is 19.1 Å². The quantitative estimate of drug-likeness (QED) is 0.607. The molecule has 0 bridgehead atoms. The second-order valence-electron chi connectivity index (χ2n) is 4.28. The fourth-order valence-corrected chi connectivity index (χ4v) is 2.89. The molecular weight excluding hydrogens is 252 g/mol. The third-order valence-electron chi connectivity index (χ3n) is 2.92. The van der Waals surface area contributed by atoms with Crippen molar-refractivity contribution in [2.24, 2.45) is 0 Å². The number of rotatable bonds is 5. The number of hydrogen-bond donors (Lipinski definition) is 0. The number of ketones is 1. The minimum Gasteiger partial charge on any atom is -0.469 e. The van der Waals surface area contributed by atoms with E-state index in [9.17, 15) is 9.59 Å². The van der Waals surface area contributed by atoms with Crippen LogP contribution in [0.15, 0.2) is 12.1 Å². The summed E-state index contributed by atoms with van der Waals surface area (Å²) in [5.41, 5.74) is 0. The third kappa shape index (κ3) is 3.40. The van der Waals surface area contributed by atoms with E-state index in [1.807, 2.05) is 6.07 Å². The molecule has 2 heterocycles. The van der Waals surface area contributed by atoms with Crippen LogP contribution in [-0.4, -0.2) is 31.6 Å². The summed E-state index contributed by atoms with van der Waals surface area (Å²) in [5, 5.41) is 0. The first-order valence-corrected chi connectivity index (χ1v) is 6.81. The Hall–Kier alpha value is -1.20. The van der Waals surface area contributed by atoms with E-state index >= 15 is 0 Å². The zero-order chi connectivity index (χ0) is 13.0. The third-order valence-corrected chi connectivity index (χ3v) is 4.05. The van der Waals surface area contributed by atoms with E-state index in [0.29, 0.717) is 11.3 Å². The molecule has 1 atom stereocenters. The Balaban J connectivity index is 1.92. The molecule has 1 saturated heterocycles. The number of Topliss-reactive ketones (excluding diaryl/α,β-unsaturated/α-hetero) is 1. The summed E-state index contributed by atoms with van der Waals surface area (Å²) in [6, 6.07) is 3.59. The zero-order valence-electron chi connectivity index (χ0n) is 10.3.